The van der Waals surface area contributed by atoms with E-state index in [4.69, 9.17) is 0 Å². The van der Waals surface area contributed by atoms with Gasteiger partial charge in [-0.3, -0.25) is 0 Å². The van der Waals surface area contributed by atoms with Crippen molar-refractivity contribution in [3.05, 3.63) is 77.1 Å². The molecule has 0 saturated heterocycles. The zero-order chi connectivity index (χ0) is 16.9. The molecule has 4 nitrogen and oxygen atoms in total. The highest BCUT2D eigenvalue weighted by molar-refractivity contribution is 5.60. The Balaban J connectivity index is 1.74. The topological polar surface area (TPSA) is 49.8 Å². The van der Waals surface area contributed by atoms with Gasteiger partial charge in [-0.1, -0.05) is 36.4 Å². The third-order valence-corrected chi connectivity index (χ3v) is 3.93. The van der Waals surface area contributed by atoms with Crippen LogP contribution in [-0.4, -0.2) is 9.97 Å². The van der Waals surface area contributed by atoms with Crippen molar-refractivity contribution in [1.82, 2.24) is 9.97 Å². The molecule has 24 heavy (non-hydrogen) atoms. The second-order valence-corrected chi connectivity index (χ2v) is 5.95. The van der Waals surface area contributed by atoms with E-state index < -0.39 is 0 Å². The number of hydrogen-bond donors (Lipinski definition) is 2. The molecular formula is C20H22N4. The third kappa shape index (κ3) is 4.10. The predicted octanol–water partition coefficient (Wildman–Crippen LogP) is 4.76. The first kappa shape index (κ1) is 16.0. The Kier molecular flexibility index (Phi) is 4.75. The second kappa shape index (κ2) is 7.13. The van der Waals surface area contributed by atoms with Gasteiger partial charge in [0.15, 0.2) is 0 Å². The van der Waals surface area contributed by atoms with Crippen LogP contribution in [0.2, 0.25) is 0 Å². The maximum Gasteiger partial charge on any atom is 0.136 e. The van der Waals surface area contributed by atoms with Crippen molar-refractivity contribution in [2.45, 2.75) is 27.3 Å². The fourth-order valence-corrected chi connectivity index (χ4v) is 2.48. The summed E-state index contributed by atoms with van der Waals surface area (Å²) in [5, 5.41) is 6.72. The lowest BCUT2D eigenvalue weighted by Gasteiger charge is -2.11. The van der Waals surface area contributed by atoms with Gasteiger partial charge in [0, 0.05) is 18.3 Å². The van der Waals surface area contributed by atoms with E-state index in [2.05, 4.69) is 64.8 Å². The molecule has 2 N–H and O–H groups in total. The molecule has 2 aromatic carbocycles. The minimum atomic E-state index is 0.736. The Morgan fingerprint density at radius 3 is 2.29 bits per heavy atom. The van der Waals surface area contributed by atoms with Crippen LogP contribution in [0.5, 0.6) is 0 Å². The molecule has 0 fully saturated rings. The number of benzene rings is 2. The fraction of sp³-hybridized carbons (Fsp3) is 0.200. The second-order valence-electron chi connectivity index (χ2n) is 5.95. The van der Waals surface area contributed by atoms with Crippen molar-refractivity contribution in [3.8, 4) is 0 Å². The van der Waals surface area contributed by atoms with Gasteiger partial charge in [-0.15, -0.1) is 0 Å². The molecule has 0 aliphatic heterocycles. The largest absolute Gasteiger partial charge is 0.366 e. The summed E-state index contributed by atoms with van der Waals surface area (Å²) in [6.07, 6.45) is 0. The molecule has 0 atom stereocenters. The highest BCUT2D eigenvalue weighted by atomic mass is 15.1. The molecular weight excluding hydrogens is 296 g/mol. The van der Waals surface area contributed by atoms with E-state index in [1.165, 1.54) is 16.7 Å². The Labute approximate surface area is 143 Å². The number of aromatic nitrogens is 2. The Hall–Kier alpha value is -2.88. The normalized spacial score (nSPS) is 10.5. The summed E-state index contributed by atoms with van der Waals surface area (Å²) in [6, 6.07) is 18.5. The van der Waals surface area contributed by atoms with Crippen LogP contribution >= 0.6 is 0 Å². The van der Waals surface area contributed by atoms with E-state index in [0.717, 1.165) is 29.7 Å². The minimum Gasteiger partial charge on any atom is -0.366 e. The van der Waals surface area contributed by atoms with E-state index in [1.54, 1.807) is 0 Å². The summed E-state index contributed by atoms with van der Waals surface area (Å²) in [4.78, 5) is 8.93. The van der Waals surface area contributed by atoms with Crippen molar-refractivity contribution in [2.24, 2.45) is 0 Å². The van der Waals surface area contributed by atoms with Crippen molar-refractivity contribution in [3.63, 3.8) is 0 Å². The van der Waals surface area contributed by atoms with E-state index in [-0.39, 0.29) is 0 Å². The fourth-order valence-electron chi connectivity index (χ4n) is 2.48. The minimum absolute atomic E-state index is 0.736. The number of anilines is 3. The average molecular weight is 318 g/mol. The van der Waals surface area contributed by atoms with Gasteiger partial charge < -0.3 is 10.6 Å². The molecule has 0 aliphatic rings. The summed E-state index contributed by atoms with van der Waals surface area (Å²) in [7, 11) is 0. The number of hydrogen-bond acceptors (Lipinski definition) is 4. The van der Waals surface area contributed by atoms with Gasteiger partial charge in [0.1, 0.15) is 17.5 Å². The maximum absolute atomic E-state index is 4.47. The van der Waals surface area contributed by atoms with Crippen LogP contribution in [0, 0.1) is 20.8 Å². The molecule has 0 amide bonds. The van der Waals surface area contributed by atoms with E-state index in [0.29, 0.717) is 0 Å². The Morgan fingerprint density at radius 1 is 0.792 bits per heavy atom. The van der Waals surface area contributed by atoms with Gasteiger partial charge in [-0.05, 0) is 49.6 Å². The highest BCUT2D eigenvalue weighted by Gasteiger charge is 2.04. The zero-order valence-electron chi connectivity index (χ0n) is 14.3. The lowest BCUT2D eigenvalue weighted by molar-refractivity contribution is 1.03. The van der Waals surface area contributed by atoms with Crippen LogP contribution in [-0.2, 0) is 6.54 Å². The van der Waals surface area contributed by atoms with Crippen LogP contribution < -0.4 is 10.6 Å². The van der Waals surface area contributed by atoms with Crippen molar-refractivity contribution in [2.75, 3.05) is 10.6 Å². The van der Waals surface area contributed by atoms with Crippen molar-refractivity contribution in [1.29, 1.82) is 0 Å². The van der Waals surface area contributed by atoms with E-state index >= 15 is 0 Å². The average Bonchev–Trinajstić information content (AvgIpc) is 2.57. The molecule has 122 valence electrons. The van der Waals surface area contributed by atoms with Gasteiger partial charge in [-0.25, -0.2) is 9.97 Å². The molecule has 1 heterocycles. The van der Waals surface area contributed by atoms with Crippen LogP contribution in [0.3, 0.4) is 0 Å². The SMILES string of the molecule is Cc1nc(NCc2ccccc2)cc(Nc2ccc(C)c(C)c2)n1. The van der Waals surface area contributed by atoms with Crippen molar-refractivity contribution < 1.29 is 0 Å². The summed E-state index contributed by atoms with van der Waals surface area (Å²) in [5.74, 6) is 2.35. The highest BCUT2D eigenvalue weighted by Crippen LogP contribution is 2.20. The molecule has 4 heteroatoms. The van der Waals surface area contributed by atoms with Crippen molar-refractivity contribution >= 4 is 17.3 Å². The van der Waals surface area contributed by atoms with Crippen LogP contribution in [0.1, 0.15) is 22.5 Å². The van der Waals surface area contributed by atoms with E-state index in [9.17, 15) is 0 Å². The molecule has 0 radical (unpaired) electrons. The summed E-state index contributed by atoms with van der Waals surface area (Å²) in [6.45, 7) is 6.86. The molecule has 3 rings (SSSR count). The number of aryl methyl sites for hydroxylation is 3. The molecule has 3 aromatic rings. The van der Waals surface area contributed by atoms with Crippen LogP contribution in [0.15, 0.2) is 54.6 Å². The lowest BCUT2D eigenvalue weighted by atomic mass is 10.1. The van der Waals surface area contributed by atoms with Crippen LogP contribution in [0.25, 0.3) is 0 Å². The van der Waals surface area contributed by atoms with Gasteiger partial charge in [0.25, 0.3) is 0 Å². The quantitative estimate of drug-likeness (QED) is 0.712. The van der Waals surface area contributed by atoms with Crippen LogP contribution in [0.4, 0.5) is 17.3 Å². The lowest BCUT2D eigenvalue weighted by Crippen LogP contribution is -2.05. The monoisotopic (exact) mass is 318 g/mol. The molecule has 0 spiro atoms. The first-order valence-corrected chi connectivity index (χ1v) is 8.08. The molecule has 1 aromatic heterocycles. The summed E-state index contributed by atoms with van der Waals surface area (Å²) < 4.78 is 0. The third-order valence-electron chi connectivity index (χ3n) is 3.93. The molecule has 0 unspecified atom stereocenters. The van der Waals surface area contributed by atoms with Gasteiger partial charge >= 0.3 is 0 Å². The van der Waals surface area contributed by atoms with Gasteiger partial charge in [0.05, 0.1) is 0 Å². The van der Waals surface area contributed by atoms with E-state index in [1.807, 2.05) is 31.2 Å². The Morgan fingerprint density at radius 2 is 1.54 bits per heavy atom. The number of nitrogens with zero attached hydrogens (tertiary/aromatic N) is 2. The first-order valence-electron chi connectivity index (χ1n) is 8.08. The van der Waals surface area contributed by atoms with Gasteiger partial charge in [0.2, 0.25) is 0 Å². The maximum atomic E-state index is 4.47. The predicted molar refractivity (Wildman–Crippen MR) is 99.7 cm³/mol. The molecule has 0 saturated carbocycles. The summed E-state index contributed by atoms with van der Waals surface area (Å²) >= 11 is 0. The zero-order valence-corrected chi connectivity index (χ0v) is 14.3. The number of nitrogens with one attached hydrogen (secondary N) is 2. The Bertz CT molecular complexity index is 828. The van der Waals surface area contributed by atoms with Gasteiger partial charge in [-0.2, -0.15) is 0 Å². The first-order chi connectivity index (χ1) is 11.6. The molecule has 0 aliphatic carbocycles. The smallest absolute Gasteiger partial charge is 0.136 e. The molecule has 0 bridgehead atoms. The standard InChI is InChI=1S/C20H22N4/c1-14-9-10-18(11-15(14)2)24-20-12-19(22-16(3)23-20)21-13-17-7-5-4-6-8-17/h4-12H,13H2,1-3H3,(H2,21,22,23,24). The summed E-state index contributed by atoms with van der Waals surface area (Å²) in [5.41, 5.74) is 4.79. The number of rotatable bonds is 5.